The first-order valence-electron chi connectivity index (χ1n) is 8.82. The maximum Gasteiger partial charge on any atom is 0.246 e. The Labute approximate surface area is 154 Å². The minimum absolute atomic E-state index is 0.0161. The number of sulfonamides is 1. The van der Waals surface area contributed by atoms with Crippen LogP contribution in [0, 0.1) is 0 Å². The zero-order chi connectivity index (χ0) is 17.7. The van der Waals surface area contributed by atoms with E-state index in [2.05, 4.69) is 5.32 Å². The fourth-order valence-electron chi connectivity index (χ4n) is 3.12. The molecule has 0 amide bonds. The Morgan fingerprint density at radius 2 is 2.12 bits per heavy atom. The summed E-state index contributed by atoms with van der Waals surface area (Å²) in [6.45, 7) is 3.50. The highest BCUT2D eigenvalue weighted by Gasteiger charge is 2.29. The summed E-state index contributed by atoms with van der Waals surface area (Å²) in [7, 11) is -3.65. The number of benzene rings is 1. The summed E-state index contributed by atoms with van der Waals surface area (Å²) in [5, 5.41) is 3.60. The smallest absolute Gasteiger partial charge is 0.246 e. The van der Waals surface area contributed by atoms with Gasteiger partial charge in [-0.2, -0.15) is 4.31 Å². The zero-order valence-corrected chi connectivity index (χ0v) is 15.8. The lowest BCUT2D eigenvalue weighted by Gasteiger charge is -2.24. The molecule has 8 heteroatoms. The van der Waals surface area contributed by atoms with E-state index in [0.29, 0.717) is 37.0 Å². The molecule has 6 nitrogen and oxygen atoms in total. The van der Waals surface area contributed by atoms with E-state index in [1.165, 1.54) is 10.4 Å². The van der Waals surface area contributed by atoms with Gasteiger partial charge in [-0.15, -0.1) is 0 Å². The van der Waals surface area contributed by atoms with Crippen LogP contribution in [0.1, 0.15) is 25.7 Å². The van der Waals surface area contributed by atoms with Gasteiger partial charge in [-0.05, 0) is 50.4 Å². The van der Waals surface area contributed by atoms with Crippen molar-refractivity contribution in [3.05, 3.63) is 23.2 Å². The van der Waals surface area contributed by atoms with Crippen LogP contribution in [0.4, 0.5) is 0 Å². The largest absolute Gasteiger partial charge is 0.489 e. The van der Waals surface area contributed by atoms with Crippen molar-refractivity contribution in [2.24, 2.45) is 0 Å². The van der Waals surface area contributed by atoms with Gasteiger partial charge >= 0.3 is 0 Å². The lowest BCUT2D eigenvalue weighted by Crippen LogP contribution is -2.34. The molecule has 2 saturated heterocycles. The number of hydrogen-bond acceptors (Lipinski definition) is 5. The number of nitrogens with zero attached hydrogens (tertiary/aromatic N) is 1. The van der Waals surface area contributed by atoms with Gasteiger partial charge in [0, 0.05) is 31.3 Å². The zero-order valence-electron chi connectivity index (χ0n) is 14.2. The third kappa shape index (κ3) is 4.86. The molecule has 2 heterocycles. The second-order valence-corrected chi connectivity index (χ2v) is 8.74. The monoisotopic (exact) mass is 388 g/mol. The van der Waals surface area contributed by atoms with Gasteiger partial charge in [0.05, 0.1) is 6.10 Å². The first kappa shape index (κ1) is 18.9. The van der Waals surface area contributed by atoms with Crippen molar-refractivity contribution in [3.8, 4) is 5.75 Å². The summed E-state index contributed by atoms with van der Waals surface area (Å²) in [6, 6.07) is 4.77. The van der Waals surface area contributed by atoms with Crippen molar-refractivity contribution >= 4 is 21.6 Å². The van der Waals surface area contributed by atoms with E-state index in [4.69, 9.17) is 21.1 Å². The minimum atomic E-state index is -3.65. The molecular formula is C17H25ClN2O4S. The van der Waals surface area contributed by atoms with Crippen molar-refractivity contribution in [3.63, 3.8) is 0 Å². The van der Waals surface area contributed by atoms with Gasteiger partial charge < -0.3 is 14.8 Å². The molecular weight excluding hydrogens is 364 g/mol. The van der Waals surface area contributed by atoms with Crippen LogP contribution in [0.5, 0.6) is 5.75 Å². The SMILES string of the molecule is O=S(=O)(c1cc(Cl)ccc1OCC1CCCCO1)N1CCCNCC1. The highest BCUT2D eigenvalue weighted by Crippen LogP contribution is 2.30. The highest BCUT2D eigenvalue weighted by atomic mass is 35.5. The summed E-state index contributed by atoms with van der Waals surface area (Å²) in [5.74, 6) is 0.343. The van der Waals surface area contributed by atoms with Crippen LogP contribution < -0.4 is 10.1 Å². The van der Waals surface area contributed by atoms with Crippen LogP contribution >= 0.6 is 11.6 Å². The van der Waals surface area contributed by atoms with Crippen LogP contribution in [0.25, 0.3) is 0 Å². The van der Waals surface area contributed by atoms with Crippen LogP contribution in [0.15, 0.2) is 23.1 Å². The molecule has 0 saturated carbocycles. The number of ether oxygens (including phenoxy) is 2. The average molecular weight is 389 g/mol. The molecule has 2 fully saturated rings. The van der Waals surface area contributed by atoms with E-state index in [9.17, 15) is 8.42 Å². The van der Waals surface area contributed by atoms with Gasteiger partial charge in [-0.3, -0.25) is 0 Å². The van der Waals surface area contributed by atoms with Gasteiger partial charge in [-0.1, -0.05) is 11.6 Å². The van der Waals surface area contributed by atoms with Crippen LogP contribution in [0.3, 0.4) is 0 Å². The lowest BCUT2D eigenvalue weighted by molar-refractivity contribution is -0.0116. The first-order valence-corrected chi connectivity index (χ1v) is 10.6. The summed E-state index contributed by atoms with van der Waals surface area (Å²) in [6.07, 6.45) is 3.92. The van der Waals surface area contributed by atoms with Crippen LogP contribution in [0.2, 0.25) is 5.02 Å². The molecule has 140 valence electrons. The molecule has 3 rings (SSSR count). The van der Waals surface area contributed by atoms with E-state index in [0.717, 1.165) is 38.8 Å². The van der Waals surface area contributed by atoms with Crippen LogP contribution in [-0.2, 0) is 14.8 Å². The van der Waals surface area contributed by atoms with Crippen LogP contribution in [-0.4, -0.2) is 58.2 Å². The molecule has 1 atom stereocenters. The first-order chi connectivity index (χ1) is 12.1. The lowest BCUT2D eigenvalue weighted by atomic mass is 10.1. The van der Waals surface area contributed by atoms with Crippen molar-refractivity contribution in [1.29, 1.82) is 0 Å². The summed E-state index contributed by atoms with van der Waals surface area (Å²) in [5.41, 5.74) is 0. The summed E-state index contributed by atoms with van der Waals surface area (Å²) in [4.78, 5) is 0.137. The standard InChI is InChI=1S/C17H25ClN2O4S/c18-14-5-6-16(24-13-15-4-1-2-11-23-15)17(12-14)25(21,22)20-9-3-7-19-8-10-20/h5-6,12,15,19H,1-4,7-11,13H2. The molecule has 1 unspecified atom stereocenters. The Bertz CT molecular complexity index is 669. The fourth-order valence-corrected chi connectivity index (χ4v) is 5.00. The Hall–Kier alpha value is -0.860. The van der Waals surface area contributed by atoms with E-state index >= 15 is 0 Å². The van der Waals surface area contributed by atoms with E-state index in [-0.39, 0.29) is 11.0 Å². The maximum atomic E-state index is 13.1. The van der Waals surface area contributed by atoms with Gasteiger partial charge in [0.15, 0.2) is 0 Å². The van der Waals surface area contributed by atoms with E-state index in [1.807, 2.05) is 0 Å². The van der Waals surface area contributed by atoms with Gasteiger partial charge in [-0.25, -0.2) is 8.42 Å². The van der Waals surface area contributed by atoms with Crippen molar-refractivity contribution in [2.75, 3.05) is 39.4 Å². The van der Waals surface area contributed by atoms with Crippen molar-refractivity contribution in [1.82, 2.24) is 9.62 Å². The minimum Gasteiger partial charge on any atom is -0.489 e. The molecule has 2 aliphatic rings. The quantitative estimate of drug-likeness (QED) is 0.838. The Morgan fingerprint density at radius 1 is 1.24 bits per heavy atom. The molecule has 0 aliphatic carbocycles. The fraction of sp³-hybridized carbons (Fsp3) is 0.647. The molecule has 25 heavy (non-hydrogen) atoms. The predicted molar refractivity (Wildman–Crippen MR) is 96.8 cm³/mol. The molecule has 0 spiro atoms. The Morgan fingerprint density at radius 3 is 2.92 bits per heavy atom. The maximum absolute atomic E-state index is 13.1. The summed E-state index contributed by atoms with van der Waals surface area (Å²) < 4.78 is 39.2. The molecule has 0 radical (unpaired) electrons. The molecule has 1 aromatic rings. The highest BCUT2D eigenvalue weighted by molar-refractivity contribution is 7.89. The third-order valence-corrected chi connectivity index (χ3v) is 6.68. The molecule has 1 N–H and O–H groups in total. The molecule has 2 aliphatic heterocycles. The number of rotatable bonds is 5. The van der Waals surface area contributed by atoms with E-state index < -0.39 is 10.0 Å². The number of hydrogen-bond donors (Lipinski definition) is 1. The second-order valence-electron chi connectivity index (χ2n) is 6.40. The normalized spacial score (nSPS) is 23.2. The molecule has 0 aromatic heterocycles. The number of halogens is 1. The average Bonchev–Trinajstić information content (AvgIpc) is 2.91. The van der Waals surface area contributed by atoms with E-state index in [1.54, 1.807) is 12.1 Å². The topological polar surface area (TPSA) is 67.9 Å². The second kappa shape index (κ2) is 8.68. The summed E-state index contributed by atoms with van der Waals surface area (Å²) >= 11 is 6.07. The third-order valence-electron chi connectivity index (χ3n) is 4.52. The Balaban J connectivity index is 1.79. The molecule has 1 aromatic carbocycles. The Kier molecular flexibility index (Phi) is 6.57. The number of nitrogens with one attached hydrogen (secondary N) is 1. The van der Waals surface area contributed by atoms with Crippen molar-refractivity contribution < 1.29 is 17.9 Å². The van der Waals surface area contributed by atoms with Crippen molar-refractivity contribution in [2.45, 2.75) is 36.7 Å². The predicted octanol–water partition coefficient (Wildman–Crippen LogP) is 2.27. The van der Waals surface area contributed by atoms with Gasteiger partial charge in [0.1, 0.15) is 17.3 Å². The molecule has 0 bridgehead atoms. The van der Waals surface area contributed by atoms with Gasteiger partial charge in [0.2, 0.25) is 10.0 Å². The van der Waals surface area contributed by atoms with Gasteiger partial charge in [0.25, 0.3) is 0 Å².